The fraction of sp³-hybridized carbons (Fsp3) is 0.389. The Bertz CT molecular complexity index is 839. The minimum atomic E-state index is -0.960. The minimum Gasteiger partial charge on any atom is -0.322 e. The third-order valence-corrected chi connectivity index (χ3v) is 5.29. The molecule has 0 atom stereocenters. The summed E-state index contributed by atoms with van der Waals surface area (Å²) in [5.74, 6) is -2.44. The zero-order valence-corrected chi connectivity index (χ0v) is 14.5. The van der Waals surface area contributed by atoms with Crippen molar-refractivity contribution in [2.24, 2.45) is 0 Å². The van der Waals surface area contributed by atoms with E-state index in [0.29, 0.717) is 17.9 Å². The Balaban J connectivity index is 1.45. The van der Waals surface area contributed by atoms with E-state index in [4.69, 9.17) is 0 Å². The molecule has 3 aliphatic rings. The van der Waals surface area contributed by atoms with Crippen molar-refractivity contribution in [2.45, 2.75) is 37.6 Å². The van der Waals surface area contributed by atoms with Gasteiger partial charge in [-0.15, -0.1) is 0 Å². The number of carbonyl (C=O) groups is 5. The average Bonchev–Trinajstić information content (AvgIpc) is 3.03. The molecule has 1 aromatic rings. The molecular weight excluding hydrogens is 352 g/mol. The Morgan fingerprint density at radius 2 is 1.59 bits per heavy atom. The van der Waals surface area contributed by atoms with Crippen molar-refractivity contribution in [3.8, 4) is 0 Å². The summed E-state index contributed by atoms with van der Waals surface area (Å²) < 4.78 is 0. The van der Waals surface area contributed by atoms with Crippen LogP contribution < -0.4 is 10.7 Å². The summed E-state index contributed by atoms with van der Waals surface area (Å²) in [6, 6.07) is 5.59. The Morgan fingerprint density at radius 1 is 1.00 bits per heavy atom. The molecule has 2 heterocycles. The van der Waals surface area contributed by atoms with Gasteiger partial charge < -0.3 is 5.32 Å². The molecule has 1 aromatic carbocycles. The highest BCUT2D eigenvalue weighted by atomic mass is 16.2. The molecule has 0 aromatic heterocycles. The maximum atomic E-state index is 12.7. The summed E-state index contributed by atoms with van der Waals surface area (Å²) >= 11 is 0. The molecule has 6 amide bonds. The van der Waals surface area contributed by atoms with Gasteiger partial charge in [-0.25, -0.2) is 4.79 Å². The smallest absolute Gasteiger partial charge is 0.322 e. The number of rotatable bonds is 3. The Kier molecular flexibility index (Phi) is 3.94. The molecule has 140 valence electrons. The quantitative estimate of drug-likeness (QED) is 0.596. The standard InChI is InChI=1S/C18H18N4O5/c23-13(10-21-14(24)11-6-2-3-7-12(11)15(21)25)20-22-16(26)18(19-17(22)27)8-4-1-5-9-18/h2-3,6-7H,1,4-5,8-10H2,(H,19,27)(H,20,23). The summed E-state index contributed by atoms with van der Waals surface area (Å²) in [5, 5.41) is 3.33. The summed E-state index contributed by atoms with van der Waals surface area (Å²) in [6.07, 6.45) is 3.70. The van der Waals surface area contributed by atoms with Crippen molar-refractivity contribution >= 4 is 29.7 Å². The van der Waals surface area contributed by atoms with Gasteiger partial charge in [-0.1, -0.05) is 31.4 Å². The number of nitrogens with one attached hydrogen (secondary N) is 2. The van der Waals surface area contributed by atoms with Crippen molar-refractivity contribution < 1.29 is 24.0 Å². The van der Waals surface area contributed by atoms with Crippen LogP contribution in [0.4, 0.5) is 4.79 Å². The molecule has 1 saturated heterocycles. The van der Waals surface area contributed by atoms with Crippen molar-refractivity contribution in [3.05, 3.63) is 35.4 Å². The first kappa shape index (κ1) is 17.2. The molecule has 4 rings (SSSR count). The van der Waals surface area contributed by atoms with E-state index in [1.807, 2.05) is 0 Å². The van der Waals surface area contributed by atoms with Crippen LogP contribution in [0.1, 0.15) is 52.8 Å². The number of imide groups is 2. The van der Waals surface area contributed by atoms with Gasteiger partial charge in [0.1, 0.15) is 12.1 Å². The molecule has 0 bridgehead atoms. The lowest BCUT2D eigenvalue weighted by molar-refractivity contribution is -0.139. The number of fused-ring (bicyclic) bond motifs is 1. The van der Waals surface area contributed by atoms with Crippen LogP contribution in [0.15, 0.2) is 24.3 Å². The van der Waals surface area contributed by atoms with E-state index in [9.17, 15) is 24.0 Å². The van der Waals surface area contributed by atoms with Gasteiger partial charge in [0.15, 0.2) is 0 Å². The predicted octanol–water partition coefficient (Wildman–Crippen LogP) is 0.568. The van der Waals surface area contributed by atoms with Crippen molar-refractivity contribution in [3.63, 3.8) is 0 Å². The fourth-order valence-electron chi connectivity index (χ4n) is 3.90. The maximum Gasteiger partial charge on any atom is 0.344 e. The molecule has 1 aliphatic carbocycles. The molecule has 9 heteroatoms. The third kappa shape index (κ3) is 2.66. The fourth-order valence-corrected chi connectivity index (χ4v) is 3.90. The van der Waals surface area contributed by atoms with Gasteiger partial charge in [-0.05, 0) is 25.0 Å². The zero-order chi connectivity index (χ0) is 19.2. The second kappa shape index (κ2) is 6.19. The van der Waals surface area contributed by atoms with E-state index in [-0.39, 0.29) is 11.1 Å². The van der Waals surface area contributed by atoms with Gasteiger partial charge in [0, 0.05) is 0 Å². The summed E-state index contributed by atoms with van der Waals surface area (Å²) in [5.41, 5.74) is 1.73. The van der Waals surface area contributed by atoms with Crippen LogP contribution in [0, 0.1) is 0 Å². The number of hydrazine groups is 1. The highest BCUT2D eigenvalue weighted by Gasteiger charge is 2.52. The molecule has 27 heavy (non-hydrogen) atoms. The third-order valence-electron chi connectivity index (χ3n) is 5.29. The van der Waals surface area contributed by atoms with Crippen molar-refractivity contribution in [1.82, 2.24) is 20.7 Å². The number of nitrogens with zero attached hydrogens (tertiary/aromatic N) is 2. The van der Waals surface area contributed by atoms with Gasteiger partial charge in [-0.2, -0.15) is 5.01 Å². The number of benzene rings is 1. The highest BCUT2D eigenvalue weighted by Crippen LogP contribution is 2.33. The molecule has 9 nitrogen and oxygen atoms in total. The van der Waals surface area contributed by atoms with Crippen LogP contribution in [-0.2, 0) is 9.59 Å². The van der Waals surface area contributed by atoms with E-state index in [1.165, 1.54) is 12.1 Å². The van der Waals surface area contributed by atoms with Crippen LogP contribution in [0.25, 0.3) is 0 Å². The Morgan fingerprint density at radius 3 is 2.19 bits per heavy atom. The van der Waals surface area contributed by atoms with E-state index < -0.39 is 41.7 Å². The lowest BCUT2D eigenvalue weighted by Crippen LogP contribution is -2.52. The highest BCUT2D eigenvalue weighted by molar-refractivity contribution is 6.22. The zero-order valence-electron chi connectivity index (χ0n) is 14.5. The van der Waals surface area contributed by atoms with E-state index in [2.05, 4.69) is 10.7 Å². The number of hydrogen-bond donors (Lipinski definition) is 2. The normalized spacial score (nSPS) is 20.9. The topological polar surface area (TPSA) is 116 Å². The molecule has 1 saturated carbocycles. The summed E-state index contributed by atoms with van der Waals surface area (Å²) in [4.78, 5) is 62.6. The van der Waals surface area contributed by atoms with Crippen molar-refractivity contribution in [1.29, 1.82) is 0 Å². The van der Waals surface area contributed by atoms with Gasteiger partial charge >= 0.3 is 6.03 Å². The first-order valence-corrected chi connectivity index (χ1v) is 8.84. The number of carbonyl (C=O) groups excluding carboxylic acids is 5. The Labute approximate surface area is 154 Å². The largest absolute Gasteiger partial charge is 0.344 e. The first-order chi connectivity index (χ1) is 12.9. The molecule has 1 spiro atoms. The van der Waals surface area contributed by atoms with E-state index >= 15 is 0 Å². The van der Waals surface area contributed by atoms with Crippen LogP contribution >= 0.6 is 0 Å². The number of hydrogen-bond acceptors (Lipinski definition) is 5. The average molecular weight is 370 g/mol. The predicted molar refractivity (Wildman–Crippen MR) is 91.1 cm³/mol. The molecule has 2 aliphatic heterocycles. The maximum absolute atomic E-state index is 12.7. The van der Waals surface area contributed by atoms with Crippen LogP contribution in [0.2, 0.25) is 0 Å². The molecule has 2 N–H and O–H groups in total. The summed E-state index contributed by atoms with van der Waals surface area (Å²) in [6.45, 7) is -0.573. The minimum absolute atomic E-state index is 0.228. The molecular formula is C18H18N4O5. The Hall–Kier alpha value is -3.23. The van der Waals surface area contributed by atoms with Gasteiger partial charge in [0.25, 0.3) is 23.6 Å². The van der Waals surface area contributed by atoms with Crippen molar-refractivity contribution in [2.75, 3.05) is 6.54 Å². The number of urea groups is 1. The SMILES string of the molecule is O=C(CN1C(=O)c2ccccc2C1=O)NN1C(=O)NC2(CCCCC2)C1=O. The lowest BCUT2D eigenvalue weighted by Gasteiger charge is -2.30. The molecule has 2 fully saturated rings. The first-order valence-electron chi connectivity index (χ1n) is 8.84. The van der Waals surface area contributed by atoms with Gasteiger partial charge in [0.2, 0.25) is 0 Å². The van der Waals surface area contributed by atoms with E-state index in [0.717, 1.165) is 24.2 Å². The summed E-state index contributed by atoms with van der Waals surface area (Å²) in [7, 11) is 0. The van der Waals surface area contributed by atoms with Gasteiger partial charge in [-0.3, -0.25) is 29.5 Å². The van der Waals surface area contributed by atoms with Crippen LogP contribution in [-0.4, -0.2) is 51.7 Å². The molecule has 0 radical (unpaired) electrons. The van der Waals surface area contributed by atoms with Crippen LogP contribution in [0.3, 0.4) is 0 Å². The number of amides is 6. The second-order valence-corrected chi connectivity index (χ2v) is 6.99. The van der Waals surface area contributed by atoms with E-state index in [1.54, 1.807) is 12.1 Å². The van der Waals surface area contributed by atoms with Crippen LogP contribution in [0.5, 0.6) is 0 Å². The molecule has 0 unspecified atom stereocenters. The lowest BCUT2D eigenvalue weighted by atomic mass is 9.82. The monoisotopic (exact) mass is 370 g/mol. The van der Waals surface area contributed by atoms with Gasteiger partial charge in [0.05, 0.1) is 11.1 Å². The second-order valence-electron chi connectivity index (χ2n) is 6.99.